The van der Waals surface area contributed by atoms with Crippen molar-refractivity contribution in [2.24, 2.45) is 0 Å². The lowest BCUT2D eigenvalue weighted by atomic mass is 9.95. The van der Waals surface area contributed by atoms with Crippen LogP contribution >= 0.6 is 0 Å². The summed E-state index contributed by atoms with van der Waals surface area (Å²) in [5.41, 5.74) is 2.52. The standard InChI is InChI=1S/C18H22N4O/c1-13-7-9-15(10-8-13)21-17-12-19-16(11-20-17)18(23)22-14-5-3-2-4-6-14/h7-12,14H,2-6H2,1H3,(H,20,21)(H,22,23). The van der Waals surface area contributed by atoms with Crippen LogP contribution in [-0.4, -0.2) is 21.9 Å². The Bertz CT molecular complexity index is 646. The van der Waals surface area contributed by atoms with Gasteiger partial charge in [0.1, 0.15) is 11.5 Å². The van der Waals surface area contributed by atoms with E-state index in [4.69, 9.17) is 0 Å². The van der Waals surface area contributed by atoms with E-state index in [1.807, 2.05) is 31.2 Å². The van der Waals surface area contributed by atoms with Crippen LogP contribution in [0, 0.1) is 6.92 Å². The van der Waals surface area contributed by atoms with Gasteiger partial charge in [-0.05, 0) is 31.9 Å². The van der Waals surface area contributed by atoms with Crippen LogP contribution in [0.25, 0.3) is 0 Å². The van der Waals surface area contributed by atoms with Crippen LogP contribution in [-0.2, 0) is 0 Å². The van der Waals surface area contributed by atoms with Crippen molar-refractivity contribution < 1.29 is 4.79 Å². The number of amides is 1. The number of hydrogen-bond donors (Lipinski definition) is 2. The van der Waals surface area contributed by atoms with Gasteiger partial charge in [-0.15, -0.1) is 0 Å². The van der Waals surface area contributed by atoms with Gasteiger partial charge in [0.05, 0.1) is 12.4 Å². The zero-order valence-corrected chi connectivity index (χ0v) is 13.4. The highest BCUT2D eigenvalue weighted by atomic mass is 16.1. The van der Waals surface area contributed by atoms with Crippen molar-refractivity contribution in [2.75, 3.05) is 5.32 Å². The van der Waals surface area contributed by atoms with Crippen molar-refractivity contribution in [3.05, 3.63) is 47.9 Å². The number of aryl methyl sites for hydroxylation is 1. The third-order valence-electron chi connectivity index (χ3n) is 4.15. The highest BCUT2D eigenvalue weighted by molar-refractivity contribution is 5.92. The maximum absolute atomic E-state index is 12.2. The minimum atomic E-state index is -0.133. The van der Waals surface area contributed by atoms with Crippen LogP contribution in [0.1, 0.15) is 48.2 Å². The predicted molar refractivity (Wildman–Crippen MR) is 90.8 cm³/mol. The molecule has 1 aromatic heterocycles. The van der Waals surface area contributed by atoms with Crippen LogP contribution in [0.5, 0.6) is 0 Å². The molecule has 0 atom stereocenters. The number of rotatable bonds is 4. The fourth-order valence-electron chi connectivity index (χ4n) is 2.80. The van der Waals surface area contributed by atoms with E-state index in [0.717, 1.165) is 18.5 Å². The Balaban J connectivity index is 1.59. The highest BCUT2D eigenvalue weighted by Gasteiger charge is 2.17. The molecule has 120 valence electrons. The average Bonchev–Trinajstić information content (AvgIpc) is 2.58. The molecule has 1 amide bonds. The van der Waals surface area contributed by atoms with Crippen LogP contribution < -0.4 is 10.6 Å². The molecule has 2 N–H and O–H groups in total. The van der Waals surface area contributed by atoms with E-state index >= 15 is 0 Å². The number of anilines is 2. The Labute approximate surface area is 136 Å². The second kappa shape index (κ2) is 7.22. The van der Waals surface area contributed by atoms with Gasteiger partial charge >= 0.3 is 0 Å². The molecule has 1 heterocycles. The SMILES string of the molecule is Cc1ccc(Nc2cnc(C(=O)NC3CCCCC3)cn2)cc1. The van der Waals surface area contributed by atoms with Gasteiger partial charge in [0.25, 0.3) is 5.91 Å². The second-order valence-corrected chi connectivity index (χ2v) is 6.09. The Kier molecular flexibility index (Phi) is 4.86. The zero-order valence-electron chi connectivity index (χ0n) is 13.4. The Morgan fingerprint density at radius 1 is 1.04 bits per heavy atom. The molecule has 0 bridgehead atoms. The van der Waals surface area contributed by atoms with Crippen molar-refractivity contribution in [3.8, 4) is 0 Å². The zero-order chi connectivity index (χ0) is 16.1. The van der Waals surface area contributed by atoms with Gasteiger partial charge in [-0.25, -0.2) is 9.97 Å². The largest absolute Gasteiger partial charge is 0.348 e. The molecule has 0 unspecified atom stereocenters. The fraction of sp³-hybridized carbons (Fsp3) is 0.389. The predicted octanol–water partition coefficient (Wildman–Crippen LogP) is 3.59. The maximum Gasteiger partial charge on any atom is 0.271 e. The van der Waals surface area contributed by atoms with Gasteiger partial charge in [0, 0.05) is 11.7 Å². The smallest absolute Gasteiger partial charge is 0.271 e. The number of nitrogens with one attached hydrogen (secondary N) is 2. The summed E-state index contributed by atoms with van der Waals surface area (Å²) >= 11 is 0. The Morgan fingerprint density at radius 3 is 2.43 bits per heavy atom. The first-order chi connectivity index (χ1) is 11.2. The van der Waals surface area contributed by atoms with Crippen LogP contribution in [0.4, 0.5) is 11.5 Å². The maximum atomic E-state index is 12.2. The minimum Gasteiger partial charge on any atom is -0.348 e. The molecule has 0 radical (unpaired) electrons. The number of hydrogen-bond acceptors (Lipinski definition) is 4. The van der Waals surface area contributed by atoms with Gasteiger partial charge in [0.2, 0.25) is 0 Å². The van der Waals surface area contributed by atoms with Gasteiger partial charge < -0.3 is 10.6 Å². The van der Waals surface area contributed by atoms with Crippen LogP contribution in [0.15, 0.2) is 36.7 Å². The molecule has 5 heteroatoms. The number of nitrogens with zero attached hydrogens (tertiary/aromatic N) is 2. The summed E-state index contributed by atoms with van der Waals surface area (Å²) in [6, 6.07) is 8.31. The summed E-state index contributed by atoms with van der Waals surface area (Å²) in [5, 5.41) is 6.22. The molecule has 5 nitrogen and oxygen atoms in total. The third-order valence-corrected chi connectivity index (χ3v) is 4.15. The third kappa shape index (κ3) is 4.28. The van der Waals surface area contributed by atoms with Gasteiger partial charge in [0.15, 0.2) is 0 Å². The molecule has 1 aliphatic carbocycles. The quantitative estimate of drug-likeness (QED) is 0.905. The van der Waals surface area contributed by atoms with Gasteiger partial charge in [-0.2, -0.15) is 0 Å². The second-order valence-electron chi connectivity index (χ2n) is 6.09. The molecule has 1 aliphatic rings. The molecule has 1 fully saturated rings. The minimum absolute atomic E-state index is 0.133. The number of aromatic nitrogens is 2. The van der Waals surface area contributed by atoms with E-state index in [1.165, 1.54) is 31.0 Å². The van der Waals surface area contributed by atoms with E-state index in [1.54, 1.807) is 6.20 Å². The van der Waals surface area contributed by atoms with Crippen LogP contribution in [0.3, 0.4) is 0 Å². The Hall–Kier alpha value is -2.43. The van der Waals surface area contributed by atoms with Crippen molar-refractivity contribution >= 4 is 17.4 Å². The lowest BCUT2D eigenvalue weighted by Crippen LogP contribution is -2.36. The van der Waals surface area contributed by atoms with Crippen molar-refractivity contribution in [3.63, 3.8) is 0 Å². The van der Waals surface area contributed by atoms with Crippen molar-refractivity contribution in [1.82, 2.24) is 15.3 Å². The number of carbonyl (C=O) groups is 1. The number of carbonyl (C=O) groups excluding carboxylic acids is 1. The van der Waals surface area contributed by atoms with Crippen LogP contribution in [0.2, 0.25) is 0 Å². The van der Waals surface area contributed by atoms with Crippen molar-refractivity contribution in [1.29, 1.82) is 0 Å². The van der Waals surface area contributed by atoms with Gasteiger partial charge in [-0.3, -0.25) is 4.79 Å². The molecule has 2 aromatic rings. The lowest BCUT2D eigenvalue weighted by Gasteiger charge is -2.22. The highest BCUT2D eigenvalue weighted by Crippen LogP contribution is 2.18. The molecular formula is C18H22N4O. The lowest BCUT2D eigenvalue weighted by molar-refractivity contribution is 0.0922. The number of benzene rings is 1. The summed E-state index contributed by atoms with van der Waals surface area (Å²) in [6.45, 7) is 2.04. The summed E-state index contributed by atoms with van der Waals surface area (Å²) in [6.07, 6.45) is 8.89. The average molecular weight is 310 g/mol. The molecule has 0 spiro atoms. The first-order valence-corrected chi connectivity index (χ1v) is 8.17. The molecule has 0 saturated heterocycles. The fourth-order valence-corrected chi connectivity index (χ4v) is 2.80. The van der Waals surface area contributed by atoms with E-state index in [-0.39, 0.29) is 11.9 Å². The van der Waals surface area contributed by atoms with E-state index in [2.05, 4.69) is 20.6 Å². The van der Waals surface area contributed by atoms with E-state index in [0.29, 0.717) is 11.5 Å². The summed E-state index contributed by atoms with van der Waals surface area (Å²) < 4.78 is 0. The first-order valence-electron chi connectivity index (χ1n) is 8.17. The van der Waals surface area contributed by atoms with Gasteiger partial charge in [-0.1, -0.05) is 37.0 Å². The molecule has 0 aliphatic heterocycles. The Morgan fingerprint density at radius 2 is 1.78 bits per heavy atom. The van der Waals surface area contributed by atoms with E-state index in [9.17, 15) is 4.79 Å². The summed E-state index contributed by atoms with van der Waals surface area (Å²) in [7, 11) is 0. The molecular weight excluding hydrogens is 288 g/mol. The normalized spacial score (nSPS) is 15.2. The van der Waals surface area contributed by atoms with Crippen molar-refractivity contribution in [2.45, 2.75) is 45.1 Å². The summed E-state index contributed by atoms with van der Waals surface area (Å²) in [4.78, 5) is 20.7. The van der Waals surface area contributed by atoms with E-state index < -0.39 is 0 Å². The molecule has 1 saturated carbocycles. The topological polar surface area (TPSA) is 66.9 Å². The first kappa shape index (κ1) is 15.5. The summed E-state index contributed by atoms with van der Waals surface area (Å²) in [5.74, 6) is 0.495. The molecule has 23 heavy (non-hydrogen) atoms. The molecule has 3 rings (SSSR count). The monoisotopic (exact) mass is 310 g/mol. The molecule has 1 aromatic carbocycles.